The Hall–Kier alpha value is -1.59. The monoisotopic (exact) mass is 280 g/mol. The number of anilines is 1. The number of rotatable bonds is 1. The number of fused-ring (bicyclic) bond motifs is 2. The van der Waals surface area contributed by atoms with E-state index < -0.39 is 0 Å². The molecule has 2 aliphatic heterocycles. The minimum absolute atomic E-state index is 0.0369. The zero-order valence-electron chi connectivity index (χ0n) is 10.6. The molecule has 2 N–H and O–H groups in total. The van der Waals surface area contributed by atoms with Crippen LogP contribution in [0.5, 0.6) is 0 Å². The maximum Gasteiger partial charge on any atom is 0.426 e. The van der Waals surface area contributed by atoms with Crippen LogP contribution in [0.4, 0.5) is 16.2 Å². The van der Waals surface area contributed by atoms with Gasteiger partial charge in [-0.05, 0) is 12.1 Å². The van der Waals surface area contributed by atoms with Gasteiger partial charge in [-0.3, -0.25) is 10.1 Å². The molecule has 1 aromatic rings. The van der Waals surface area contributed by atoms with E-state index in [0.717, 1.165) is 17.8 Å². The third-order valence-corrected chi connectivity index (χ3v) is 4.08. The lowest BCUT2D eigenvalue weighted by molar-refractivity contribution is -0.119. The van der Waals surface area contributed by atoms with E-state index in [1.165, 1.54) is 6.92 Å². The van der Waals surface area contributed by atoms with Crippen LogP contribution in [-0.2, 0) is 4.79 Å². The summed E-state index contributed by atoms with van der Waals surface area (Å²) in [6.07, 6.45) is 0.801. The van der Waals surface area contributed by atoms with Gasteiger partial charge in [-0.1, -0.05) is 11.6 Å². The molecule has 1 spiro atoms. The molecule has 0 saturated carbocycles. The van der Waals surface area contributed by atoms with Gasteiger partial charge in [0.15, 0.2) is 5.69 Å². The highest BCUT2D eigenvalue weighted by molar-refractivity contribution is 6.31. The van der Waals surface area contributed by atoms with Gasteiger partial charge in [0.05, 0.1) is 12.6 Å². The van der Waals surface area contributed by atoms with E-state index in [4.69, 9.17) is 11.6 Å². The van der Waals surface area contributed by atoms with Gasteiger partial charge < -0.3 is 5.32 Å². The third kappa shape index (κ3) is 1.89. The zero-order chi connectivity index (χ0) is 13.6. The number of carbonyl (C=O) groups is 2. The Bertz CT molecular complexity index is 575. The highest BCUT2D eigenvalue weighted by Gasteiger charge is 2.52. The average molecular weight is 281 g/mol. The SMILES string of the molecule is CC(=O)N[C@H]1CC[N+]2(C1)C(=O)Nc1cc(Cl)ccc12. The molecule has 1 fully saturated rings. The minimum atomic E-state index is -0.0546. The van der Waals surface area contributed by atoms with Gasteiger partial charge in [-0.2, -0.15) is 0 Å². The summed E-state index contributed by atoms with van der Waals surface area (Å²) in [6.45, 7) is 2.80. The van der Waals surface area contributed by atoms with Crippen molar-refractivity contribution in [2.75, 3.05) is 18.4 Å². The van der Waals surface area contributed by atoms with Gasteiger partial charge in [0.25, 0.3) is 0 Å². The molecule has 100 valence electrons. The molecule has 0 aliphatic carbocycles. The Balaban J connectivity index is 1.94. The molecule has 1 unspecified atom stereocenters. The van der Waals surface area contributed by atoms with Gasteiger partial charge in [0, 0.05) is 24.4 Å². The number of hydrogen-bond acceptors (Lipinski definition) is 2. The number of nitrogens with zero attached hydrogens (tertiary/aromatic N) is 1. The van der Waals surface area contributed by atoms with Crippen molar-refractivity contribution >= 4 is 34.9 Å². The van der Waals surface area contributed by atoms with E-state index in [1.807, 2.05) is 6.07 Å². The molecule has 3 rings (SSSR count). The fourth-order valence-electron chi connectivity index (χ4n) is 3.06. The summed E-state index contributed by atoms with van der Waals surface area (Å²) in [5, 5.41) is 6.38. The lowest BCUT2D eigenvalue weighted by Gasteiger charge is -2.24. The second-order valence-electron chi connectivity index (χ2n) is 5.15. The van der Waals surface area contributed by atoms with E-state index in [2.05, 4.69) is 10.6 Å². The second-order valence-corrected chi connectivity index (χ2v) is 5.59. The summed E-state index contributed by atoms with van der Waals surface area (Å²) in [5.41, 5.74) is 1.73. The van der Waals surface area contributed by atoms with Crippen molar-refractivity contribution in [1.82, 2.24) is 9.80 Å². The van der Waals surface area contributed by atoms with Crippen LogP contribution < -0.4 is 15.1 Å². The van der Waals surface area contributed by atoms with Crippen molar-refractivity contribution in [2.45, 2.75) is 19.4 Å². The van der Waals surface area contributed by atoms with E-state index in [9.17, 15) is 9.59 Å². The number of benzene rings is 1. The highest BCUT2D eigenvalue weighted by atomic mass is 35.5. The molecule has 0 aromatic heterocycles. The van der Waals surface area contributed by atoms with Gasteiger partial charge >= 0.3 is 6.03 Å². The van der Waals surface area contributed by atoms with E-state index in [1.54, 1.807) is 12.1 Å². The van der Waals surface area contributed by atoms with Gasteiger partial charge in [0.2, 0.25) is 5.91 Å². The third-order valence-electron chi connectivity index (χ3n) is 3.85. The Morgan fingerprint density at radius 3 is 3.05 bits per heavy atom. The topological polar surface area (TPSA) is 58.2 Å². The number of nitrogens with one attached hydrogen (secondary N) is 2. The maximum atomic E-state index is 12.3. The van der Waals surface area contributed by atoms with Gasteiger partial charge in [-0.15, -0.1) is 0 Å². The molecule has 3 amide bonds. The highest BCUT2D eigenvalue weighted by Crippen LogP contribution is 2.42. The predicted molar refractivity (Wildman–Crippen MR) is 74.2 cm³/mol. The fraction of sp³-hybridized carbons (Fsp3) is 0.385. The minimum Gasteiger partial charge on any atom is -0.348 e. The number of hydrogen-bond donors (Lipinski definition) is 2. The first-order valence-electron chi connectivity index (χ1n) is 6.27. The summed E-state index contributed by atoms with van der Waals surface area (Å²) in [4.78, 5) is 23.4. The Kier molecular flexibility index (Phi) is 2.76. The summed E-state index contributed by atoms with van der Waals surface area (Å²) < 4.78 is 0.261. The van der Waals surface area contributed by atoms with Crippen molar-refractivity contribution in [3.05, 3.63) is 23.2 Å². The normalized spacial score (nSPS) is 28.3. The van der Waals surface area contributed by atoms with Crippen molar-refractivity contribution < 1.29 is 9.59 Å². The van der Waals surface area contributed by atoms with Crippen LogP contribution in [-0.4, -0.2) is 31.1 Å². The van der Waals surface area contributed by atoms with Gasteiger partial charge in [0.1, 0.15) is 12.2 Å². The molecule has 2 aliphatic rings. The van der Waals surface area contributed by atoms with Gasteiger partial charge in [-0.25, -0.2) is 9.28 Å². The predicted octanol–water partition coefficient (Wildman–Crippen LogP) is 2.10. The molecule has 5 nitrogen and oxygen atoms in total. The first kappa shape index (κ1) is 12.4. The van der Waals surface area contributed by atoms with E-state index >= 15 is 0 Å². The van der Waals surface area contributed by atoms with Crippen molar-refractivity contribution in [1.29, 1.82) is 0 Å². The molecule has 2 heterocycles. The maximum absolute atomic E-state index is 12.3. The second kappa shape index (κ2) is 4.21. The summed E-state index contributed by atoms with van der Waals surface area (Å²) in [6, 6.07) is 5.47. The quantitative estimate of drug-likeness (QED) is 0.774. The molecular weight excluding hydrogens is 266 g/mol. The molecule has 2 atom stereocenters. The zero-order valence-corrected chi connectivity index (χ0v) is 11.3. The molecule has 1 saturated heterocycles. The van der Waals surface area contributed by atoms with Crippen molar-refractivity contribution in [2.24, 2.45) is 0 Å². The van der Waals surface area contributed by atoms with Crippen LogP contribution in [0.2, 0.25) is 5.02 Å². The lowest BCUT2D eigenvalue weighted by atomic mass is 10.2. The van der Waals surface area contributed by atoms with Crippen LogP contribution in [0.1, 0.15) is 13.3 Å². The Morgan fingerprint density at radius 1 is 1.53 bits per heavy atom. The lowest BCUT2D eigenvalue weighted by Crippen LogP contribution is -2.52. The average Bonchev–Trinajstić information content (AvgIpc) is 2.83. The molecular formula is C13H15ClN3O2+. The first-order chi connectivity index (χ1) is 9.01. The van der Waals surface area contributed by atoms with Crippen LogP contribution >= 0.6 is 11.6 Å². The molecule has 6 heteroatoms. The number of carbonyl (C=O) groups excluding carboxylic acids is 2. The number of quaternary nitrogens is 1. The van der Waals surface area contributed by atoms with Crippen LogP contribution in [0.25, 0.3) is 0 Å². The van der Waals surface area contributed by atoms with Crippen molar-refractivity contribution in [3.63, 3.8) is 0 Å². The Morgan fingerprint density at radius 2 is 2.32 bits per heavy atom. The van der Waals surface area contributed by atoms with E-state index in [-0.39, 0.29) is 22.5 Å². The van der Waals surface area contributed by atoms with Crippen LogP contribution in [0.3, 0.4) is 0 Å². The van der Waals surface area contributed by atoms with Crippen LogP contribution in [0.15, 0.2) is 18.2 Å². The smallest absolute Gasteiger partial charge is 0.348 e. The molecule has 19 heavy (non-hydrogen) atoms. The molecule has 1 aromatic carbocycles. The number of halogens is 1. The largest absolute Gasteiger partial charge is 0.426 e. The van der Waals surface area contributed by atoms with Crippen LogP contribution in [0, 0.1) is 0 Å². The standard InChI is InChI=1S/C13H14ClN3O2/c1-8(18)15-10-4-5-17(7-10)12-3-2-9(14)6-11(12)16-13(17)19/h2-3,6,10H,4-5,7H2,1H3,(H-,15,16,18,19)/p+1/t10-,17?/m0/s1. The van der Waals surface area contributed by atoms with Crippen molar-refractivity contribution in [3.8, 4) is 0 Å². The summed E-state index contributed by atoms with van der Waals surface area (Å²) in [7, 11) is 0. The summed E-state index contributed by atoms with van der Waals surface area (Å²) >= 11 is 5.95. The molecule has 0 radical (unpaired) electrons. The molecule has 0 bridgehead atoms. The Labute approximate surface area is 116 Å². The summed E-state index contributed by atoms with van der Waals surface area (Å²) in [5.74, 6) is -0.0546. The van der Waals surface area contributed by atoms with E-state index in [0.29, 0.717) is 18.1 Å². The number of urea groups is 1. The number of amides is 3. The fourth-order valence-corrected chi connectivity index (χ4v) is 3.23. The first-order valence-corrected chi connectivity index (χ1v) is 6.65.